The third-order valence-corrected chi connectivity index (χ3v) is 6.39. The monoisotopic (exact) mass is 375 g/mol. The highest BCUT2D eigenvalue weighted by molar-refractivity contribution is 5.91. The minimum absolute atomic E-state index is 0.0806. The molecule has 1 atom stereocenters. The number of likely N-dealkylation sites (tertiary alicyclic amines) is 1. The average Bonchev–Trinajstić information content (AvgIpc) is 3.14. The van der Waals surface area contributed by atoms with Crippen molar-refractivity contribution in [3.05, 3.63) is 17.1 Å². The Morgan fingerprint density at radius 3 is 2.44 bits per heavy atom. The van der Waals surface area contributed by atoms with Gasteiger partial charge in [0.25, 0.3) is 5.91 Å². The normalized spacial score (nSPS) is 22.6. The molecular formula is C20H33N5O2. The largest absolute Gasteiger partial charge is 0.396 e. The first-order valence-electron chi connectivity index (χ1n) is 9.91. The summed E-state index contributed by atoms with van der Waals surface area (Å²) in [5, 5.41) is 9.54. The van der Waals surface area contributed by atoms with Crippen molar-refractivity contribution in [1.82, 2.24) is 19.8 Å². The molecule has 1 aromatic rings. The standard InChI is InChI=1S/C20H33N5O2/c1-14-15(2)21-17(19(27)24-10-7-20(3,13-26)8-11-24)22-18(14)25-9-6-16(12-25)23(4)5/h16,26H,6-13H2,1-5H3/t16-/m1/s1. The van der Waals surface area contributed by atoms with Gasteiger partial charge in [-0.1, -0.05) is 6.92 Å². The molecule has 0 radical (unpaired) electrons. The number of aliphatic hydroxyl groups is 1. The van der Waals surface area contributed by atoms with Crippen LogP contribution in [0.2, 0.25) is 0 Å². The third-order valence-electron chi connectivity index (χ3n) is 6.39. The van der Waals surface area contributed by atoms with Crippen molar-refractivity contribution in [3.8, 4) is 0 Å². The lowest BCUT2D eigenvalue weighted by molar-refractivity contribution is 0.0430. The van der Waals surface area contributed by atoms with E-state index in [1.807, 2.05) is 18.7 Å². The molecule has 0 aromatic carbocycles. The summed E-state index contributed by atoms with van der Waals surface area (Å²) in [6.07, 6.45) is 2.72. The Balaban J connectivity index is 1.79. The lowest BCUT2D eigenvalue weighted by Crippen LogP contribution is -2.44. The van der Waals surface area contributed by atoms with Gasteiger partial charge in [-0.2, -0.15) is 0 Å². The first kappa shape index (κ1) is 20.0. The van der Waals surface area contributed by atoms with Crippen LogP contribution in [-0.2, 0) is 0 Å². The van der Waals surface area contributed by atoms with Crippen molar-refractivity contribution in [2.45, 2.75) is 46.1 Å². The highest BCUT2D eigenvalue weighted by atomic mass is 16.3. The van der Waals surface area contributed by atoms with Crippen molar-refractivity contribution in [2.75, 3.05) is 51.8 Å². The fraction of sp³-hybridized carbons (Fsp3) is 0.750. The second-order valence-corrected chi connectivity index (χ2v) is 8.69. The molecule has 2 saturated heterocycles. The van der Waals surface area contributed by atoms with E-state index in [2.05, 4.69) is 35.8 Å². The van der Waals surface area contributed by atoms with Gasteiger partial charge in [-0.3, -0.25) is 4.79 Å². The first-order valence-corrected chi connectivity index (χ1v) is 9.91. The Labute approximate surface area is 162 Å². The van der Waals surface area contributed by atoms with E-state index in [4.69, 9.17) is 4.98 Å². The maximum absolute atomic E-state index is 13.0. The van der Waals surface area contributed by atoms with E-state index in [1.165, 1.54) is 0 Å². The molecule has 7 nitrogen and oxygen atoms in total. The summed E-state index contributed by atoms with van der Waals surface area (Å²) in [6.45, 7) is 9.41. The lowest BCUT2D eigenvalue weighted by atomic mass is 9.81. The van der Waals surface area contributed by atoms with E-state index < -0.39 is 0 Å². The molecular weight excluding hydrogens is 342 g/mol. The maximum atomic E-state index is 13.0. The number of carbonyl (C=O) groups excluding carboxylic acids is 1. The van der Waals surface area contributed by atoms with Crippen LogP contribution in [0, 0.1) is 19.3 Å². The van der Waals surface area contributed by atoms with E-state index in [1.54, 1.807) is 0 Å². The predicted molar refractivity (Wildman–Crippen MR) is 106 cm³/mol. The third kappa shape index (κ3) is 4.09. The van der Waals surface area contributed by atoms with Gasteiger partial charge in [0, 0.05) is 50.1 Å². The van der Waals surface area contributed by atoms with Gasteiger partial charge < -0.3 is 19.8 Å². The number of rotatable bonds is 4. The van der Waals surface area contributed by atoms with Crippen molar-refractivity contribution in [1.29, 1.82) is 0 Å². The minimum atomic E-state index is -0.0947. The summed E-state index contributed by atoms with van der Waals surface area (Å²) in [5.74, 6) is 1.10. The van der Waals surface area contributed by atoms with Crippen LogP contribution < -0.4 is 4.90 Å². The van der Waals surface area contributed by atoms with Crippen LogP contribution in [0.15, 0.2) is 0 Å². The van der Waals surface area contributed by atoms with Crippen LogP contribution in [0.5, 0.6) is 0 Å². The van der Waals surface area contributed by atoms with Crippen LogP contribution in [-0.4, -0.2) is 83.7 Å². The summed E-state index contributed by atoms with van der Waals surface area (Å²) >= 11 is 0. The van der Waals surface area contributed by atoms with Crippen molar-refractivity contribution in [2.24, 2.45) is 5.41 Å². The summed E-state index contributed by atoms with van der Waals surface area (Å²) in [6, 6.07) is 0.511. The summed E-state index contributed by atoms with van der Waals surface area (Å²) in [5.41, 5.74) is 1.84. The number of hydrogen-bond donors (Lipinski definition) is 1. The van der Waals surface area contributed by atoms with E-state index in [0.29, 0.717) is 25.0 Å². The van der Waals surface area contributed by atoms with E-state index >= 15 is 0 Å². The van der Waals surface area contributed by atoms with Gasteiger partial charge in [0.2, 0.25) is 5.82 Å². The molecule has 2 fully saturated rings. The first-order chi connectivity index (χ1) is 12.7. The van der Waals surface area contributed by atoms with Crippen LogP contribution in [0.25, 0.3) is 0 Å². The Morgan fingerprint density at radius 2 is 1.89 bits per heavy atom. The Kier molecular flexibility index (Phi) is 5.72. The number of likely N-dealkylation sites (N-methyl/N-ethyl adjacent to an activating group) is 1. The highest BCUT2D eigenvalue weighted by Crippen LogP contribution is 2.31. The molecule has 3 heterocycles. The molecule has 0 aliphatic carbocycles. The van der Waals surface area contributed by atoms with Crippen LogP contribution in [0.3, 0.4) is 0 Å². The van der Waals surface area contributed by atoms with Gasteiger partial charge >= 0.3 is 0 Å². The molecule has 0 saturated carbocycles. The second-order valence-electron chi connectivity index (χ2n) is 8.69. The molecule has 2 aliphatic heterocycles. The number of aryl methyl sites for hydroxylation is 1. The number of hydrogen-bond acceptors (Lipinski definition) is 6. The number of amides is 1. The van der Waals surface area contributed by atoms with E-state index in [0.717, 1.165) is 49.4 Å². The Hall–Kier alpha value is -1.73. The summed E-state index contributed by atoms with van der Waals surface area (Å²) in [7, 11) is 4.22. The Bertz CT molecular complexity index is 698. The predicted octanol–water partition coefficient (Wildman–Crippen LogP) is 1.47. The lowest BCUT2D eigenvalue weighted by Gasteiger charge is -2.38. The van der Waals surface area contributed by atoms with Crippen LogP contribution in [0.1, 0.15) is 48.1 Å². The number of aliphatic hydroxyl groups excluding tert-OH is 1. The van der Waals surface area contributed by atoms with Gasteiger partial charge in [-0.15, -0.1) is 0 Å². The molecule has 1 N–H and O–H groups in total. The summed E-state index contributed by atoms with van der Waals surface area (Å²) < 4.78 is 0. The molecule has 3 rings (SSSR count). The van der Waals surface area contributed by atoms with E-state index in [-0.39, 0.29) is 17.9 Å². The zero-order valence-corrected chi connectivity index (χ0v) is 17.3. The SMILES string of the molecule is Cc1nc(C(=O)N2CCC(C)(CO)CC2)nc(N2CC[C@@H](N(C)C)C2)c1C. The van der Waals surface area contributed by atoms with E-state index in [9.17, 15) is 9.90 Å². The molecule has 7 heteroatoms. The maximum Gasteiger partial charge on any atom is 0.291 e. The van der Waals surface area contributed by atoms with Gasteiger partial charge in [0.1, 0.15) is 5.82 Å². The van der Waals surface area contributed by atoms with Crippen molar-refractivity contribution >= 4 is 11.7 Å². The fourth-order valence-corrected chi connectivity index (χ4v) is 3.92. The molecule has 2 aliphatic rings. The smallest absolute Gasteiger partial charge is 0.291 e. The van der Waals surface area contributed by atoms with Crippen LogP contribution >= 0.6 is 0 Å². The summed E-state index contributed by atoms with van der Waals surface area (Å²) in [4.78, 5) is 28.6. The quantitative estimate of drug-likeness (QED) is 0.859. The topological polar surface area (TPSA) is 72.8 Å². The molecule has 27 heavy (non-hydrogen) atoms. The average molecular weight is 376 g/mol. The Morgan fingerprint density at radius 1 is 1.22 bits per heavy atom. The van der Waals surface area contributed by atoms with Crippen molar-refractivity contribution in [3.63, 3.8) is 0 Å². The van der Waals surface area contributed by atoms with Crippen molar-refractivity contribution < 1.29 is 9.90 Å². The number of piperidine rings is 1. The molecule has 150 valence electrons. The van der Waals surface area contributed by atoms with Gasteiger partial charge in [-0.05, 0) is 52.6 Å². The number of anilines is 1. The molecule has 0 spiro atoms. The second kappa shape index (κ2) is 7.72. The molecule has 1 aromatic heterocycles. The van der Waals surface area contributed by atoms with Gasteiger partial charge in [0.15, 0.2) is 0 Å². The van der Waals surface area contributed by atoms with Gasteiger partial charge in [-0.25, -0.2) is 9.97 Å². The fourth-order valence-electron chi connectivity index (χ4n) is 3.92. The zero-order valence-electron chi connectivity index (χ0n) is 17.3. The number of aromatic nitrogens is 2. The molecule has 0 bridgehead atoms. The zero-order chi connectivity index (χ0) is 19.8. The highest BCUT2D eigenvalue weighted by Gasteiger charge is 2.33. The molecule has 1 amide bonds. The number of nitrogens with zero attached hydrogens (tertiary/aromatic N) is 5. The van der Waals surface area contributed by atoms with Crippen LogP contribution in [0.4, 0.5) is 5.82 Å². The minimum Gasteiger partial charge on any atom is -0.396 e. The number of carbonyl (C=O) groups is 1. The molecule has 0 unspecified atom stereocenters. The van der Waals surface area contributed by atoms with Gasteiger partial charge in [0.05, 0.1) is 0 Å².